The molecule has 0 saturated carbocycles. The Labute approximate surface area is 121 Å². The normalized spacial score (nSPS) is 12.2. The van der Waals surface area contributed by atoms with Gasteiger partial charge in [0.1, 0.15) is 0 Å². The van der Waals surface area contributed by atoms with E-state index in [0.717, 1.165) is 18.4 Å². The van der Waals surface area contributed by atoms with Crippen molar-refractivity contribution >= 4 is 6.03 Å². The molecule has 0 radical (unpaired) electrons. The molecule has 0 aromatic heterocycles. The summed E-state index contributed by atoms with van der Waals surface area (Å²) in [6.07, 6.45) is 2.21. The zero-order valence-corrected chi connectivity index (χ0v) is 12.6. The van der Waals surface area contributed by atoms with Crippen LogP contribution in [0.5, 0.6) is 0 Å². The van der Waals surface area contributed by atoms with Crippen molar-refractivity contribution in [3.8, 4) is 0 Å². The third kappa shape index (κ3) is 5.21. The van der Waals surface area contributed by atoms with Crippen LogP contribution in [0.15, 0.2) is 24.3 Å². The molecule has 0 aliphatic rings. The molecule has 0 aliphatic carbocycles. The standard InChI is InChI=1S/C16H26N2O2/c1-4-5-13-6-8-14(9-7-13)15(12(2)3)18-16(20)17-10-11-19/h6-9,12,15,19H,4-5,10-11H2,1-3H3,(H2,17,18,20). The highest BCUT2D eigenvalue weighted by Gasteiger charge is 2.17. The molecule has 1 atom stereocenters. The minimum atomic E-state index is -0.240. The fourth-order valence-electron chi connectivity index (χ4n) is 2.18. The van der Waals surface area contributed by atoms with Gasteiger partial charge in [0.2, 0.25) is 0 Å². The van der Waals surface area contributed by atoms with Gasteiger partial charge in [0, 0.05) is 6.54 Å². The molecular weight excluding hydrogens is 252 g/mol. The van der Waals surface area contributed by atoms with E-state index in [-0.39, 0.29) is 25.2 Å². The number of benzene rings is 1. The number of urea groups is 1. The number of aliphatic hydroxyl groups excluding tert-OH is 1. The lowest BCUT2D eigenvalue weighted by Crippen LogP contribution is -2.40. The summed E-state index contributed by atoms with van der Waals surface area (Å²) in [6.45, 7) is 6.54. The van der Waals surface area contributed by atoms with E-state index in [2.05, 4.69) is 55.7 Å². The Kier molecular flexibility index (Phi) is 7.09. The molecule has 20 heavy (non-hydrogen) atoms. The fourth-order valence-corrected chi connectivity index (χ4v) is 2.18. The van der Waals surface area contributed by atoms with Crippen molar-refractivity contribution in [3.05, 3.63) is 35.4 Å². The van der Waals surface area contributed by atoms with Crippen LogP contribution >= 0.6 is 0 Å². The molecule has 1 aromatic carbocycles. The summed E-state index contributed by atoms with van der Waals surface area (Å²) in [5, 5.41) is 14.3. The summed E-state index contributed by atoms with van der Waals surface area (Å²) in [5.41, 5.74) is 2.43. The van der Waals surface area contributed by atoms with Crippen LogP contribution in [0, 0.1) is 5.92 Å². The molecule has 1 rings (SSSR count). The van der Waals surface area contributed by atoms with Gasteiger partial charge in [-0.25, -0.2) is 4.79 Å². The number of rotatable bonds is 7. The topological polar surface area (TPSA) is 61.4 Å². The molecule has 3 N–H and O–H groups in total. The van der Waals surface area contributed by atoms with Gasteiger partial charge in [-0.1, -0.05) is 51.5 Å². The van der Waals surface area contributed by atoms with Crippen LogP contribution in [0.4, 0.5) is 4.79 Å². The summed E-state index contributed by atoms with van der Waals surface area (Å²) >= 11 is 0. The third-order valence-electron chi connectivity index (χ3n) is 3.23. The van der Waals surface area contributed by atoms with Crippen molar-refractivity contribution in [3.63, 3.8) is 0 Å². The smallest absolute Gasteiger partial charge is 0.315 e. The zero-order chi connectivity index (χ0) is 15.0. The maximum absolute atomic E-state index is 11.7. The molecule has 0 saturated heterocycles. The van der Waals surface area contributed by atoms with Gasteiger partial charge in [-0.3, -0.25) is 0 Å². The van der Waals surface area contributed by atoms with E-state index in [9.17, 15) is 4.79 Å². The Morgan fingerprint density at radius 1 is 1.25 bits per heavy atom. The Bertz CT molecular complexity index is 401. The van der Waals surface area contributed by atoms with Gasteiger partial charge in [-0.15, -0.1) is 0 Å². The highest BCUT2D eigenvalue weighted by molar-refractivity contribution is 5.74. The van der Waals surface area contributed by atoms with E-state index in [1.165, 1.54) is 5.56 Å². The zero-order valence-electron chi connectivity index (χ0n) is 12.6. The number of nitrogens with one attached hydrogen (secondary N) is 2. The van der Waals surface area contributed by atoms with Gasteiger partial charge in [0.25, 0.3) is 0 Å². The first-order chi connectivity index (χ1) is 9.58. The van der Waals surface area contributed by atoms with Crippen LogP contribution in [0.2, 0.25) is 0 Å². The van der Waals surface area contributed by atoms with Crippen molar-refractivity contribution in [2.24, 2.45) is 5.92 Å². The van der Waals surface area contributed by atoms with Crippen molar-refractivity contribution in [2.75, 3.05) is 13.2 Å². The molecule has 4 heteroatoms. The summed E-state index contributed by atoms with van der Waals surface area (Å²) in [5.74, 6) is 0.298. The minimum Gasteiger partial charge on any atom is -0.395 e. The quantitative estimate of drug-likeness (QED) is 0.718. The maximum atomic E-state index is 11.7. The van der Waals surface area contributed by atoms with Crippen LogP contribution in [0.3, 0.4) is 0 Å². The van der Waals surface area contributed by atoms with Gasteiger partial charge in [0.15, 0.2) is 0 Å². The Balaban J connectivity index is 2.72. The summed E-state index contributed by atoms with van der Waals surface area (Å²) < 4.78 is 0. The van der Waals surface area contributed by atoms with Crippen molar-refractivity contribution < 1.29 is 9.90 Å². The molecule has 0 heterocycles. The first kappa shape index (κ1) is 16.5. The van der Waals surface area contributed by atoms with Gasteiger partial charge in [0.05, 0.1) is 12.6 Å². The minimum absolute atomic E-state index is 0.0237. The predicted octanol–water partition coefficient (Wildman–Crippen LogP) is 2.63. The SMILES string of the molecule is CCCc1ccc(C(NC(=O)NCCO)C(C)C)cc1. The number of carbonyl (C=O) groups excluding carboxylic acids is 1. The molecule has 0 aliphatic heterocycles. The Hall–Kier alpha value is -1.55. The number of carbonyl (C=O) groups is 1. The lowest BCUT2D eigenvalue weighted by molar-refractivity contribution is 0.227. The van der Waals surface area contributed by atoms with E-state index in [1.54, 1.807) is 0 Å². The molecule has 0 fully saturated rings. The summed E-state index contributed by atoms with van der Waals surface area (Å²) in [7, 11) is 0. The van der Waals surface area contributed by atoms with E-state index in [4.69, 9.17) is 5.11 Å². The van der Waals surface area contributed by atoms with E-state index >= 15 is 0 Å². The highest BCUT2D eigenvalue weighted by atomic mass is 16.3. The van der Waals surface area contributed by atoms with Crippen molar-refractivity contribution in [1.29, 1.82) is 0 Å². The largest absolute Gasteiger partial charge is 0.395 e. The van der Waals surface area contributed by atoms with Crippen LogP contribution in [0.1, 0.15) is 44.4 Å². The predicted molar refractivity (Wildman–Crippen MR) is 81.6 cm³/mol. The van der Waals surface area contributed by atoms with E-state index < -0.39 is 0 Å². The molecule has 1 aromatic rings. The molecule has 0 spiro atoms. The van der Waals surface area contributed by atoms with Crippen LogP contribution in [0.25, 0.3) is 0 Å². The summed E-state index contributed by atoms with van der Waals surface area (Å²) in [6, 6.07) is 8.16. The number of amides is 2. The average molecular weight is 278 g/mol. The van der Waals surface area contributed by atoms with Gasteiger partial charge in [-0.05, 0) is 23.5 Å². The molecule has 4 nitrogen and oxygen atoms in total. The summed E-state index contributed by atoms with van der Waals surface area (Å²) in [4.78, 5) is 11.7. The molecule has 112 valence electrons. The number of hydrogen-bond acceptors (Lipinski definition) is 2. The number of hydrogen-bond donors (Lipinski definition) is 3. The van der Waals surface area contributed by atoms with E-state index in [0.29, 0.717) is 5.92 Å². The van der Waals surface area contributed by atoms with Crippen molar-refractivity contribution in [1.82, 2.24) is 10.6 Å². The fraction of sp³-hybridized carbons (Fsp3) is 0.562. The second-order valence-corrected chi connectivity index (χ2v) is 5.34. The van der Waals surface area contributed by atoms with Gasteiger partial charge in [-0.2, -0.15) is 0 Å². The second-order valence-electron chi connectivity index (χ2n) is 5.34. The van der Waals surface area contributed by atoms with Gasteiger partial charge < -0.3 is 15.7 Å². The Morgan fingerprint density at radius 3 is 2.40 bits per heavy atom. The lowest BCUT2D eigenvalue weighted by Gasteiger charge is -2.23. The third-order valence-corrected chi connectivity index (χ3v) is 3.23. The number of aliphatic hydroxyl groups is 1. The van der Waals surface area contributed by atoms with Crippen LogP contribution in [-0.4, -0.2) is 24.3 Å². The molecule has 0 bridgehead atoms. The lowest BCUT2D eigenvalue weighted by atomic mass is 9.95. The van der Waals surface area contributed by atoms with Crippen LogP contribution < -0.4 is 10.6 Å². The monoisotopic (exact) mass is 278 g/mol. The Morgan fingerprint density at radius 2 is 1.90 bits per heavy atom. The first-order valence-corrected chi connectivity index (χ1v) is 7.32. The van der Waals surface area contributed by atoms with E-state index in [1.807, 2.05) is 0 Å². The highest BCUT2D eigenvalue weighted by Crippen LogP contribution is 2.22. The van der Waals surface area contributed by atoms with Crippen molar-refractivity contribution in [2.45, 2.75) is 39.7 Å². The molecule has 2 amide bonds. The average Bonchev–Trinajstić information content (AvgIpc) is 2.43. The van der Waals surface area contributed by atoms with Crippen LogP contribution in [-0.2, 0) is 6.42 Å². The first-order valence-electron chi connectivity index (χ1n) is 7.32. The number of aryl methyl sites for hydroxylation is 1. The molecule has 1 unspecified atom stereocenters. The molecular formula is C16H26N2O2. The second kappa shape index (κ2) is 8.59. The van der Waals surface area contributed by atoms with Gasteiger partial charge >= 0.3 is 6.03 Å². The maximum Gasteiger partial charge on any atom is 0.315 e.